The molecule has 0 aliphatic carbocycles. The van der Waals surface area contributed by atoms with Crippen molar-refractivity contribution in [3.05, 3.63) is 29.8 Å². The van der Waals surface area contributed by atoms with Gasteiger partial charge in [0.2, 0.25) is 0 Å². The van der Waals surface area contributed by atoms with Gasteiger partial charge in [-0.1, -0.05) is 18.2 Å². The van der Waals surface area contributed by atoms with Crippen molar-refractivity contribution in [3.8, 4) is 5.75 Å². The highest BCUT2D eigenvalue weighted by Gasteiger charge is 2.28. The van der Waals surface area contributed by atoms with Crippen LogP contribution in [0.15, 0.2) is 24.3 Å². The molecule has 1 aromatic rings. The van der Waals surface area contributed by atoms with Crippen LogP contribution in [0.2, 0.25) is 0 Å². The standard InChI is InChI=1S/C16H24N2O2/c1-12-7-6-8-13(2)18(12)16(19)17-11-14-9-4-5-10-15(14)20-3/h4-5,9-10,12-13H,6-8,11H2,1-3H3,(H,17,19). The highest BCUT2D eigenvalue weighted by molar-refractivity contribution is 5.75. The molecule has 1 heterocycles. The fourth-order valence-corrected chi connectivity index (χ4v) is 2.93. The van der Waals surface area contributed by atoms with E-state index in [9.17, 15) is 4.79 Å². The van der Waals surface area contributed by atoms with Gasteiger partial charge in [0.1, 0.15) is 5.75 Å². The molecule has 20 heavy (non-hydrogen) atoms. The summed E-state index contributed by atoms with van der Waals surface area (Å²) in [6.07, 6.45) is 3.39. The Hall–Kier alpha value is -1.71. The van der Waals surface area contributed by atoms with E-state index in [1.54, 1.807) is 7.11 Å². The molecule has 1 fully saturated rings. The maximum atomic E-state index is 12.4. The molecule has 0 saturated carbocycles. The lowest BCUT2D eigenvalue weighted by Gasteiger charge is -2.38. The minimum Gasteiger partial charge on any atom is -0.496 e. The molecule has 1 aliphatic rings. The van der Waals surface area contributed by atoms with E-state index < -0.39 is 0 Å². The monoisotopic (exact) mass is 276 g/mol. The van der Waals surface area contributed by atoms with Crippen LogP contribution in [0.5, 0.6) is 5.75 Å². The number of nitrogens with one attached hydrogen (secondary N) is 1. The van der Waals surface area contributed by atoms with E-state index in [1.807, 2.05) is 29.2 Å². The van der Waals surface area contributed by atoms with E-state index in [0.29, 0.717) is 18.6 Å². The minimum atomic E-state index is 0.0237. The Morgan fingerprint density at radius 1 is 1.30 bits per heavy atom. The number of rotatable bonds is 3. The Morgan fingerprint density at radius 3 is 2.60 bits per heavy atom. The number of carbonyl (C=O) groups excluding carboxylic acids is 1. The molecule has 0 radical (unpaired) electrons. The summed E-state index contributed by atoms with van der Waals surface area (Å²) in [4.78, 5) is 14.3. The smallest absolute Gasteiger partial charge is 0.318 e. The zero-order valence-electron chi connectivity index (χ0n) is 12.6. The maximum Gasteiger partial charge on any atom is 0.318 e. The lowest BCUT2D eigenvalue weighted by atomic mass is 9.98. The van der Waals surface area contributed by atoms with Gasteiger partial charge in [0.25, 0.3) is 0 Å². The molecular weight excluding hydrogens is 252 g/mol. The summed E-state index contributed by atoms with van der Waals surface area (Å²) in [6.45, 7) is 4.75. The number of likely N-dealkylation sites (tertiary alicyclic amines) is 1. The van der Waals surface area contributed by atoms with Gasteiger partial charge in [-0.2, -0.15) is 0 Å². The number of hydrogen-bond acceptors (Lipinski definition) is 2. The first-order valence-electron chi connectivity index (χ1n) is 7.31. The lowest BCUT2D eigenvalue weighted by Crippen LogP contribution is -2.51. The molecule has 4 nitrogen and oxygen atoms in total. The fraction of sp³-hybridized carbons (Fsp3) is 0.562. The van der Waals surface area contributed by atoms with Crippen molar-refractivity contribution in [2.24, 2.45) is 0 Å². The van der Waals surface area contributed by atoms with E-state index in [-0.39, 0.29) is 6.03 Å². The predicted molar refractivity (Wildman–Crippen MR) is 79.8 cm³/mol. The molecule has 1 aliphatic heterocycles. The van der Waals surface area contributed by atoms with Crippen molar-refractivity contribution in [1.29, 1.82) is 0 Å². The molecule has 110 valence electrons. The number of benzene rings is 1. The second kappa shape index (κ2) is 6.64. The largest absolute Gasteiger partial charge is 0.496 e. The number of carbonyl (C=O) groups is 1. The molecule has 0 bridgehead atoms. The molecule has 2 amide bonds. The van der Waals surface area contributed by atoms with Crippen LogP contribution < -0.4 is 10.1 Å². The summed E-state index contributed by atoms with van der Waals surface area (Å²) in [5.41, 5.74) is 1.00. The number of hydrogen-bond donors (Lipinski definition) is 1. The lowest BCUT2D eigenvalue weighted by molar-refractivity contribution is 0.122. The molecule has 2 atom stereocenters. The highest BCUT2D eigenvalue weighted by atomic mass is 16.5. The Labute approximate surface area is 121 Å². The summed E-state index contributed by atoms with van der Waals surface area (Å²) in [5.74, 6) is 0.813. The summed E-state index contributed by atoms with van der Waals surface area (Å²) >= 11 is 0. The molecule has 1 aromatic carbocycles. The van der Waals surface area contributed by atoms with Gasteiger partial charge < -0.3 is 15.0 Å². The summed E-state index contributed by atoms with van der Waals surface area (Å²) in [5, 5.41) is 3.01. The van der Waals surface area contributed by atoms with Crippen LogP contribution >= 0.6 is 0 Å². The number of piperidine rings is 1. The third-order valence-corrected chi connectivity index (χ3v) is 4.05. The van der Waals surface area contributed by atoms with Gasteiger partial charge in [-0.15, -0.1) is 0 Å². The average molecular weight is 276 g/mol. The molecule has 2 rings (SSSR count). The first kappa shape index (κ1) is 14.7. The zero-order valence-corrected chi connectivity index (χ0v) is 12.6. The quantitative estimate of drug-likeness (QED) is 0.921. The Bertz CT molecular complexity index is 452. The van der Waals surface area contributed by atoms with Gasteiger partial charge in [0.15, 0.2) is 0 Å². The van der Waals surface area contributed by atoms with Gasteiger partial charge in [-0.3, -0.25) is 0 Å². The maximum absolute atomic E-state index is 12.4. The van der Waals surface area contributed by atoms with Crippen molar-refractivity contribution < 1.29 is 9.53 Å². The normalized spacial score (nSPS) is 22.4. The van der Waals surface area contributed by atoms with Crippen molar-refractivity contribution in [1.82, 2.24) is 10.2 Å². The number of urea groups is 1. The number of amides is 2. The molecule has 4 heteroatoms. The van der Waals surface area contributed by atoms with Crippen LogP contribution in [-0.4, -0.2) is 30.1 Å². The molecule has 0 aromatic heterocycles. The van der Waals surface area contributed by atoms with E-state index in [4.69, 9.17) is 4.74 Å². The Balaban J connectivity index is 1.97. The van der Waals surface area contributed by atoms with Crippen molar-refractivity contribution >= 4 is 6.03 Å². The van der Waals surface area contributed by atoms with E-state index in [0.717, 1.165) is 24.2 Å². The topological polar surface area (TPSA) is 41.6 Å². The van der Waals surface area contributed by atoms with E-state index >= 15 is 0 Å². The van der Waals surface area contributed by atoms with Gasteiger partial charge in [0, 0.05) is 24.2 Å². The minimum absolute atomic E-state index is 0.0237. The molecule has 0 spiro atoms. The number of nitrogens with zero attached hydrogens (tertiary/aromatic N) is 1. The van der Waals surface area contributed by atoms with Gasteiger partial charge >= 0.3 is 6.03 Å². The van der Waals surface area contributed by atoms with Gasteiger partial charge in [-0.25, -0.2) is 4.79 Å². The molecular formula is C16H24N2O2. The number of methoxy groups -OCH3 is 1. The van der Waals surface area contributed by atoms with Gasteiger partial charge in [0.05, 0.1) is 7.11 Å². The Morgan fingerprint density at radius 2 is 1.95 bits per heavy atom. The molecule has 1 saturated heterocycles. The molecule has 2 unspecified atom stereocenters. The second-order valence-corrected chi connectivity index (χ2v) is 5.51. The summed E-state index contributed by atoms with van der Waals surface area (Å²) in [6, 6.07) is 8.42. The summed E-state index contributed by atoms with van der Waals surface area (Å²) in [7, 11) is 1.65. The zero-order chi connectivity index (χ0) is 14.5. The number of ether oxygens (including phenoxy) is 1. The van der Waals surface area contributed by atoms with Gasteiger partial charge in [-0.05, 0) is 39.2 Å². The molecule has 1 N–H and O–H groups in total. The van der Waals surface area contributed by atoms with Crippen molar-refractivity contribution in [2.45, 2.75) is 51.7 Å². The van der Waals surface area contributed by atoms with Crippen LogP contribution in [-0.2, 0) is 6.54 Å². The summed E-state index contributed by atoms with van der Waals surface area (Å²) < 4.78 is 5.30. The van der Waals surface area contributed by atoms with E-state index in [2.05, 4.69) is 19.2 Å². The number of para-hydroxylation sites is 1. The van der Waals surface area contributed by atoms with Crippen molar-refractivity contribution in [2.75, 3.05) is 7.11 Å². The predicted octanol–water partition coefficient (Wildman–Crippen LogP) is 3.17. The van der Waals surface area contributed by atoms with Crippen LogP contribution in [0, 0.1) is 0 Å². The van der Waals surface area contributed by atoms with Crippen molar-refractivity contribution in [3.63, 3.8) is 0 Å². The SMILES string of the molecule is COc1ccccc1CNC(=O)N1C(C)CCCC1C. The first-order valence-corrected chi connectivity index (χ1v) is 7.31. The third kappa shape index (κ3) is 3.24. The van der Waals surface area contributed by atoms with E-state index in [1.165, 1.54) is 6.42 Å². The average Bonchev–Trinajstić information content (AvgIpc) is 2.45. The van der Waals surface area contributed by atoms with Crippen LogP contribution in [0.4, 0.5) is 4.79 Å². The Kier molecular flexibility index (Phi) is 4.88. The third-order valence-electron chi connectivity index (χ3n) is 4.05. The van der Waals surface area contributed by atoms with Crippen LogP contribution in [0.25, 0.3) is 0 Å². The van der Waals surface area contributed by atoms with Crippen LogP contribution in [0.3, 0.4) is 0 Å². The highest BCUT2D eigenvalue weighted by Crippen LogP contribution is 2.23. The second-order valence-electron chi connectivity index (χ2n) is 5.51. The first-order chi connectivity index (χ1) is 9.63. The van der Waals surface area contributed by atoms with Crippen LogP contribution in [0.1, 0.15) is 38.7 Å². The fourth-order valence-electron chi connectivity index (χ4n) is 2.93.